The van der Waals surface area contributed by atoms with Gasteiger partial charge in [-0.05, 0) is 37.8 Å². The summed E-state index contributed by atoms with van der Waals surface area (Å²) < 4.78 is 0. The van der Waals surface area contributed by atoms with Crippen LogP contribution < -0.4 is 0 Å². The van der Waals surface area contributed by atoms with Crippen LogP contribution in [0.2, 0.25) is 0 Å². The molecule has 0 saturated heterocycles. The topological polar surface area (TPSA) is 20.2 Å². The summed E-state index contributed by atoms with van der Waals surface area (Å²) in [7, 11) is 0. The van der Waals surface area contributed by atoms with E-state index in [9.17, 15) is 0 Å². The van der Waals surface area contributed by atoms with E-state index in [1.165, 1.54) is 19.3 Å². The number of rotatable bonds is 2. The zero-order chi connectivity index (χ0) is 8.97. The van der Waals surface area contributed by atoms with Crippen molar-refractivity contribution in [3.05, 3.63) is 36.1 Å². The maximum atomic E-state index is 9.03. The summed E-state index contributed by atoms with van der Waals surface area (Å²) in [6.45, 7) is 5.61. The largest absolute Gasteiger partial charge is 0.513 e. The van der Waals surface area contributed by atoms with E-state index in [-0.39, 0.29) is 0 Å². The van der Waals surface area contributed by atoms with Crippen LogP contribution in [0.5, 0.6) is 0 Å². The first-order chi connectivity index (χ1) is 5.70. The van der Waals surface area contributed by atoms with E-state index in [0.29, 0.717) is 11.7 Å². The summed E-state index contributed by atoms with van der Waals surface area (Å²) >= 11 is 0. The Labute approximate surface area is 74.1 Å². The van der Waals surface area contributed by atoms with Gasteiger partial charge in [-0.1, -0.05) is 18.7 Å². The van der Waals surface area contributed by atoms with Crippen molar-refractivity contribution in [2.75, 3.05) is 0 Å². The Bertz CT molecular complexity index is 219. The van der Waals surface area contributed by atoms with Gasteiger partial charge < -0.3 is 5.11 Å². The highest BCUT2D eigenvalue weighted by Gasteiger charge is 2.09. The minimum atomic E-state index is 0.346. The predicted octanol–water partition coefficient (Wildman–Crippen LogP) is 3.36. The van der Waals surface area contributed by atoms with Crippen molar-refractivity contribution in [1.29, 1.82) is 0 Å². The lowest BCUT2D eigenvalue weighted by atomic mass is 9.89. The van der Waals surface area contributed by atoms with E-state index in [4.69, 9.17) is 5.11 Å². The van der Waals surface area contributed by atoms with E-state index in [2.05, 4.69) is 18.7 Å². The zero-order valence-corrected chi connectivity index (χ0v) is 7.59. The average molecular weight is 164 g/mol. The van der Waals surface area contributed by atoms with Crippen LogP contribution in [0.3, 0.4) is 0 Å². The third-order valence-electron chi connectivity index (χ3n) is 2.12. The lowest BCUT2D eigenvalue weighted by molar-refractivity contribution is 0.412. The molecule has 1 heteroatoms. The molecule has 1 aliphatic carbocycles. The summed E-state index contributed by atoms with van der Waals surface area (Å²) in [5, 5.41) is 9.03. The normalized spacial score (nSPS) is 24.1. The van der Waals surface area contributed by atoms with Crippen LogP contribution in [-0.2, 0) is 0 Å². The maximum Gasteiger partial charge on any atom is 0.0894 e. The first kappa shape index (κ1) is 9.11. The molecule has 1 atom stereocenters. The molecule has 1 N–H and O–H groups in total. The molecule has 0 aromatic heterocycles. The van der Waals surface area contributed by atoms with Gasteiger partial charge in [0.2, 0.25) is 0 Å². The highest BCUT2D eigenvalue weighted by atomic mass is 16.3. The second-order valence-corrected chi connectivity index (χ2v) is 3.33. The fourth-order valence-electron chi connectivity index (χ4n) is 1.50. The van der Waals surface area contributed by atoms with Gasteiger partial charge in [0, 0.05) is 5.92 Å². The molecule has 0 radical (unpaired) electrons. The van der Waals surface area contributed by atoms with Gasteiger partial charge in [-0.25, -0.2) is 0 Å². The number of aliphatic hydroxyl groups excluding tert-OH is 1. The standard InChI is InChI=1S/C11H16O/c1-9(8-10(2)12)11-6-4-3-5-7-11/h4,6,8,11-12H,1,3,5,7H2,2H3/b10-8+. The Morgan fingerprint density at radius 1 is 1.67 bits per heavy atom. The van der Waals surface area contributed by atoms with Crippen molar-refractivity contribution in [2.24, 2.45) is 5.92 Å². The third-order valence-corrected chi connectivity index (χ3v) is 2.12. The van der Waals surface area contributed by atoms with E-state index in [1.807, 2.05) is 0 Å². The molecule has 0 amide bonds. The van der Waals surface area contributed by atoms with Gasteiger partial charge in [0.15, 0.2) is 0 Å². The van der Waals surface area contributed by atoms with E-state index < -0.39 is 0 Å². The van der Waals surface area contributed by atoms with Crippen molar-refractivity contribution in [1.82, 2.24) is 0 Å². The lowest BCUT2D eigenvalue weighted by Crippen LogP contribution is -2.02. The SMILES string of the molecule is C=C(/C=C(\C)O)C1C=CCCC1. The first-order valence-corrected chi connectivity index (χ1v) is 4.43. The molecule has 1 rings (SSSR count). The smallest absolute Gasteiger partial charge is 0.0894 e. The Morgan fingerprint density at radius 3 is 2.92 bits per heavy atom. The summed E-state index contributed by atoms with van der Waals surface area (Å²) in [4.78, 5) is 0. The van der Waals surface area contributed by atoms with Gasteiger partial charge in [-0.2, -0.15) is 0 Å². The van der Waals surface area contributed by atoms with Crippen molar-refractivity contribution in [3.63, 3.8) is 0 Å². The molecular weight excluding hydrogens is 148 g/mol. The molecule has 0 aromatic rings. The van der Waals surface area contributed by atoms with Crippen molar-refractivity contribution in [3.8, 4) is 0 Å². The summed E-state index contributed by atoms with van der Waals surface area (Å²) in [5.74, 6) is 0.792. The Hall–Kier alpha value is -0.980. The highest BCUT2D eigenvalue weighted by Crippen LogP contribution is 2.24. The van der Waals surface area contributed by atoms with Gasteiger partial charge in [0.1, 0.15) is 0 Å². The fourth-order valence-corrected chi connectivity index (χ4v) is 1.50. The molecule has 0 aromatic carbocycles. The van der Waals surface area contributed by atoms with Crippen molar-refractivity contribution in [2.45, 2.75) is 26.2 Å². The molecule has 0 fully saturated rings. The molecular formula is C11H16O. The Morgan fingerprint density at radius 2 is 2.42 bits per heavy atom. The molecule has 1 unspecified atom stereocenters. The van der Waals surface area contributed by atoms with Crippen LogP contribution in [0.15, 0.2) is 36.1 Å². The summed E-state index contributed by atoms with van der Waals surface area (Å²) in [5.41, 5.74) is 1.02. The van der Waals surface area contributed by atoms with Crippen molar-refractivity contribution >= 4 is 0 Å². The molecule has 1 nitrogen and oxygen atoms in total. The van der Waals surface area contributed by atoms with Crippen LogP contribution >= 0.6 is 0 Å². The van der Waals surface area contributed by atoms with E-state index in [1.54, 1.807) is 13.0 Å². The molecule has 0 heterocycles. The lowest BCUT2D eigenvalue weighted by Gasteiger charge is -2.16. The number of allylic oxidation sites excluding steroid dienone is 5. The van der Waals surface area contributed by atoms with Crippen LogP contribution in [0.25, 0.3) is 0 Å². The Kier molecular flexibility index (Phi) is 3.15. The van der Waals surface area contributed by atoms with Crippen LogP contribution in [-0.4, -0.2) is 5.11 Å². The van der Waals surface area contributed by atoms with Gasteiger partial charge in [-0.15, -0.1) is 0 Å². The van der Waals surface area contributed by atoms with E-state index in [0.717, 1.165) is 5.57 Å². The fraction of sp³-hybridized carbons (Fsp3) is 0.455. The van der Waals surface area contributed by atoms with E-state index >= 15 is 0 Å². The average Bonchev–Trinajstić information content (AvgIpc) is 2.05. The number of hydrogen-bond donors (Lipinski definition) is 1. The van der Waals surface area contributed by atoms with Crippen LogP contribution in [0.1, 0.15) is 26.2 Å². The summed E-state index contributed by atoms with van der Waals surface area (Å²) in [6.07, 6.45) is 9.72. The zero-order valence-electron chi connectivity index (χ0n) is 7.59. The predicted molar refractivity (Wildman–Crippen MR) is 52.0 cm³/mol. The Balaban J connectivity index is 2.57. The van der Waals surface area contributed by atoms with Crippen LogP contribution in [0.4, 0.5) is 0 Å². The van der Waals surface area contributed by atoms with Gasteiger partial charge in [-0.3, -0.25) is 0 Å². The first-order valence-electron chi connectivity index (χ1n) is 4.43. The van der Waals surface area contributed by atoms with Gasteiger partial charge in [0.05, 0.1) is 5.76 Å². The molecule has 66 valence electrons. The number of aliphatic hydroxyl groups is 1. The van der Waals surface area contributed by atoms with Crippen molar-refractivity contribution < 1.29 is 5.11 Å². The minimum Gasteiger partial charge on any atom is -0.513 e. The minimum absolute atomic E-state index is 0.346. The molecule has 0 spiro atoms. The summed E-state index contributed by atoms with van der Waals surface area (Å²) in [6, 6.07) is 0. The third kappa shape index (κ3) is 2.57. The van der Waals surface area contributed by atoms with Gasteiger partial charge >= 0.3 is 0 Å². The highest BCUT2D eigenvalue weighted by molar-refractivity contribution is 5.24. The van der Waals surface area contributed by atoms with Crippen LogP contribution in [0, 0.1) is 5.92 Å². The number of hydrogen-bond acceptors (Lipinski definition) is 1. The molecule has 0 aliphatic heterocycles. The maximum absolute atomic E-state index is 9.03. The molecule has 12 heavy (non-hydrogen) atoms. The molecule has 0 bridgehead atoms. The second kappa shape index (κ2) is 4.15. The quantitative estimate of drug-likeness (QED) is 0.377. The van der Waals surface area contributed by atoms with Gasteiger partial charge in [0.25, 0.3) is 0 Å². The second-order valence-electron chi connectivity index (χ2n) is 3.33. The molecule has 1 aliphatic rings. The molecule has 0 saturated carbocycles. The monoisotopic (exact) mass is 164 g/mol.